The van der Waals surface area contributed by atoms with E-state index in [9.17, 15) is 4.79 Å². The summed E-state index contributed by atoms with van der Waals surface area (Å²) in [5, 5.41) is 16.7. The number of anilines is 1. The molecule has 0 saturated heterocycles. The van der Waals surface area contributed by atoms with Gasteiger partial charge in [-0.05, 0) is 64.5 Å². The Morgan fingerprint density at radius 2 is 1.68 bits per heavy atom. The Balaban J connectivity index is 2.27. The highest BCUT2D eigenvalue weighted by Gasteiger charge is 2.17. The smallest absolute Gasteiger partial charge is 0.328 e. The van der Waals surface area contributed by atoms with E-state index in [2.05, 4.69) is 19.1 Å². The highest BCUT2D eigenvalue weighted by molar-refractivity contribution is 6.01. The summed E-state index contributed by atoms with van der Waals surface area (Å²) in [4.78, 5) is 10.8. The number of aliphatic carboxylic acids is 1. The molecule has 4 N–H and O–H groups in total. The van der Waals surface area contributed by atoms with Gasteiger partial charge in [-0.2, -0.15) is 0 Å². The Morgan fingerprint density at radius 3 is 2.26 bits per heavy atom. The number of carboxylic acids is 1. The zero-order valence-electron chi connectivity index (χ0n) is 17.7. The summed E-state index contributed by atoms with van der Waals surface area (Å²) in [6, 6.07) is 22.0. The number of allylic oxidation sites excluding steroid dienone is 1. The molecule has 0 spiro atoms. The van der Waals surface area contributed by atoms with E-state index in [1.165, 1.54) is 11.8 Å². The topological polar surface area (TPSA) is 87.2 Å². The highest BCUT2D eigenvalue weighted by Crippen LogP contribution is 2.37. The predicted octanol–water partition coefficient (Wildman–Crippen LogP) is 6.04. The maximum atomic E-state index is 10.8. The van der Waals surface area contributed by atoms with Crippen LogP contribution in [0.25, 0.3) is 17.2 Å². The second-order valence-electron chi connectivity index (χ2n) is 7.25. The molecule has 3 rings (SSSR count). The van der Waals surface area contributed by atoms with Crippen molar-refractivity contribution in [2.45, 2.75) is 20.3 Å². The Morgan fingerprint density at radius 1 is 1.00 bits per heavy atom. The van der Waals surface area contributed by atoms with E-state index in [1.807, 2.05) is 61.5 Å². The van der Waals surface area contributed by atoms with Crippen molar-refractivity contribution >= 4 is 35.1 Å². The van der Waals surface area contributed by atoms with E-state index >= 15 is 0 Å². The van der Waals surface area contributed by atoms with Crippen molar-refractivity contribution < 1.29 is 9.90 Å². The van der Waals surface area contributed by atoms with E-state index in [0.717, 1.165) is 51.5 Å². The summed E-state index contributed by atoms with van der Waals surface area (Å²) in [5.41, 5.74) is 14.7. The largest absolute Gasteiger partial charge is 0.478 e. The first-order valence-corrected chi connectivity index (χ1v) is 10.2. The number of hydrogen-bond acceptors (Lipinski definition) is 3. The summed E-state index contributed by atoms with van der Waals surface area (Å²) in [6.45, 7) is 4.13. The zero-order chi connectivity index (χ0) is 22.4. The second kappa shape index (κ2) is 9.72. The highest BCUT2D eigenvalue weighted by atomic mass is 16.4. The summed E-state index contributed by atoms with van der Waals surface area (Å²) in [5.74, 6) is -0.973. The van der Waals surface area contributed by atoms with Gasteiger partial charge < -0.3 is 16.2 Å². The summed E-state index contributed by atoms with van der Waals surface area (Å²) in [6.07, 6.45) is 4.84. The van der Waals surface area contributed by atoms with Crippen LogP contribution >= 0.6 is 0 Å². The minimum atomic E-state index is -0.973. The average molecular weight is 411 g/mol. The first kappa shape index (κ1) is 21.8. The van der Waals surface area contributed by atoms with Gasteiger partial charge in [-0.3, -0.25) is 0 Å². The lowest BCUT2D eigenvalue weighted by atomic mass is 9.84. The summed E-state index contributed by atoms with van der Waals surface area (Å²) < 4.78 is 0. The number of carbonyl (C=O) groups is 1. The van der Waals surface area contributed by atoms with Gasteiger partial charge in [0.1, 0.15) is 0 Å². The predicted molar refractivity (Wildman–Crippen MR) is 129 cm³/mol. The molecule has 31 heavy (non-hydrogen) atoms. The fraction of sp³-hybridized carbons (Fsp3) is 0.111. The number of nitrogens with one attached hydrogen (secondary N) is 1. The molecule has 0 aliphatic rings. The molecular formula is C27H26N2O2. The van der Waals surface area contributed by atoms with Crippen LogP contribution in [0.3, 0.4) is 0 Å². The van der Waals surface area contributed by atoms with Gasteiger partial charge in [-0.15, -0.1) is 0 Å². The van der Waals surface area contributed by atoms with Crippen molar-refractivity contribution in [3.8, 4) is 0 Å². The molecule has 156 valence electrons. The van der Waals surface area contributed by atoms with E-state index in [-0.39, 0.29) is 0 Å². The Bertz CT molecular complexity index is 1160. The van der Waals surface area contributed by atoms with Crippen molar-refractivity contribution in [1.82, 2.24) is 0 Å². The van der Waals surface area contributed by atoms with Crippen molar-refractivity contribution in [1.29, 1.82) is 5.41 Å². The zero-order valence-corrected chi connectivity index (χ0v) is 17.7. The molecule has 4 nitrogen and oxygen atoms in total. The minimum Gasteiger partial charge on any atom is -0.478 e. The molecule has 0 aliphatic heterocycles. The van der Waals surface area contributed by atoms with Crippen molar-refractivity contribution in [3.63, 3.8) is 0 Å². The van der Waals surface area contributed by atoms with Gasteiger partial charge in [0.2, 0.25) is 0 Å². The van der Waals surface area contributed by atoms with Crippen LogP contribution < -0.4 is 5.73 Å². The Hall–Kier alpha value is -3.92. The minimum absolute atomic E-state index is 0.586. The fourth-order valence-corrected chi connectivity index (χ4v) is 3.80. The Kier molecular flexibility index (Phi) is 6.83. The Labute approximate surface area is 182 Å². The van der Waals surface area contributed by atoms with E-state index in [4.69, 9.17) is 16.2 Å². The van der Waals surface area contributed by atoms with Gasteiger partial charge in [0.15, 0.2) is 0 Å². The molecule has 0 aromatic heterocycles. The molecule has 0 atom stereocenters. The summed E-state index contributed by atoms with van der Waals surface area (Å²) in [7, 11) is 0. The van der Waals surface area contributed by atoms with E-state index in [1.54, 1.807) is 6.08 Å². The van der Waals surface area contributed by atoms with Gasteiger partial charge in [0.25, 0.3) is 0 Å². The van der Waals surface area contributed by atoms with Crippen LogP contribution in [0.1, 0.15) is 46.7 Å². The third-order valence-corrected chi connectivity index (χ3v) is 5.36. The molecule has 0 bridgehead atoms. The lowest BCUT2D eigenvalue weighted by Crippen LogP contribution is -2.03. The van der Waals surface area contributed by atoms with Crippen LogP contribution in [-0.4, -0.2) is 17.3 Å². The van der Waals surface area contributed by atoms with Gasteiger partial charge in [-0.25, -0.2) is 4.79 Å². The lowest BCUT2D eigenvalue weighted by Gasteiger charge is -2.20. The fourth-order valence-electron chi connectivity index (χ4n) is 3.80. The maximum absolute atomic E-state index is 10.8. The standard InChI is InChI=1S/C27H26N2O2/c1-3-22(20-7-5-4-6-8-20)27(23-14-15-25(29)24(17-28)18(23)2)21-12-9-19(10-13-21)11-16-26(30)31/h4-17,28H,3,29H2,1-2H3,(H,30,31)/b16-11+,27-22+,28-17?. The van der Waals surface area contributed by atoms with Gasteiger partial charge >= 0.3 is 5.97 Å². The third kappa shape index (κ3) is 4.81. The number of nitrogens with two attached hydrogens (primary N) is 1. The SMILES string of the molecule is CC/C(=C(/c1ccc(/C=C/C(=O)O)cc1)c1ccc(N)c(C=N)c1C)c1ccccc1. The number of hydrogen-bond donors (Lipinski definition) is 3. The first-order valence-electron chi connectivity index (χ1n) is 10.2. The van der Waals surface area contributed by atoms with Gasteiger partial charge in [-0.1, -0.05) is 67.6 Å². The van der Waals surface area contributed by atoms with E-state index in [0.29, 0.717) is 5.69 Å². The number of nitrogen functional groups attached to an aromatic ring is 1. The van der Waals surface area contributed by atoms with Crippen LogP contribution in [0.15, 0.2) is 72.8 Å². The van der Waals surface area contributed by atoms with Crippen LogP contribution in [-0.2, 0) is 4.79 Å². The maximum Gasteiger partial charge on any atom is 0.328 e. The van der Waals surface area contributed by atoms with Gasteiger partial charge in [0.05, 0.1) is 0 Å². The number of benzene rings is 3. The molecule has 0 amide bonds. The van der Waals surface area contributed by atoms with E-state index < -0.39 is 5.97 Å². The molecule has 3 aromatic rings. The molecule has 0 saturated carbocycles. The van der Waals surface area contributed by atoms with Crippen molar-refractivity contribution in [2.75, 3.05) is 5.73 Å². The normalized spacial score (nSPS) is 11.9. The van der Waals surface area contributed by atoms with Crippen molar-refractivity contribution in [2.24, 2.45) is 0 Å². The number of rotatable bonds is 7. The molecule has 0 radical (unpaired) electrons. The molecule has 0 aliphatic carbocycles. The first-order chi connectivity index (χ1) is 15.0. The second-order valence-corrected chi connectivity index (χ2v) is 7.25. The number of carboxylic acid groups (broad SMARTS) is 1. The molecule has 4 heteroatoms. The lowest BCUT2D eigenvalue weighted by molar-refractivity contribution is -0.131. The molecule has 0 fully saturated rings. The van der Waals surface area contributed by atoms with Crippen molar-refractivity contribution in [3.05, 3.63) is 106 Å². The molecule has 3 aromatic carbocycles. The molecular weight excluding hydrogens is 384 g/mol. The average Bonchev–Trinajstić information content (AvgIpc) is 2.78. The summed E-state index contributed by atoms with van der Waals surface area (Å²) >= 11 is 0. The molecule has 0 heterocycles. The van der Waals surface area contributed by atoms with Crippen LogP contribution in [0, 0.1) is 12.3 Å². The quantitative estimate of drug-likeness (QED) is 0.192. The van der Waals surface area contributed by atoms with Crippen LogP contribution in [0.4, 0.5) is 5.69 Å². The van der Waals surface area contributed by atoms with Crippen LogP contribution in [0.2, 0.25) is 0 Å². The third-order valence-electron chi connectivity index (χ3n) is 5.36. The van der Waals surface area contributed by atoms with Gasteiger partial charge in [0, 0.05) is 23.5 Å². The monoisotopic (exact) mass is 410 g/mol. The molecule has 0 unspecified atom stereocenters. The van der Waals surface area contributed by atoms with Crippen LogP contribution in [0.5, 0.6) is 0 Å².